The van der Waals surface area contributed by atoms with Crippen molar-refractivity contribution in [2.45, 2.75) is 6.92 Å². The van der Waals surface area contributed by atoms with Gasteiger partial charge in [-0.3, -0.25) is 4.79 Å². The summed E-state index contributed by atoms with van der Waals surface area (Å²) in [7, 11) is 0. The zero-order valence-electron chi connectivity index (χ0n) is 14.4. The minimum Gasteiger partial charge on any atom is -0.457 e. The minimum absolute atomic E-state index is 0.174. The van der Waals surface area contributed by atoms with Gasteiger partial charge in [-0.1, -0.05) is 45.8 Å². The third-order valence-corrected chi connectivity index (χ3v) is 5.38. The Hall–Kier alpha value is -2.57. The summed E-state index contributed by atoms with van der Waals surface area (Å²) >= 11 is 4.73. The van der Waals surface area contributed by atoms with Crippen molar-refractivity contribution in [3.63, 3.8) is 0 Å². The summed E-state index contributed by atoms with van der Waals surface area (Å²) < 4.78 is 6.88. The Kier molecular flexibility index (Phi) is 5.01. The lowest BCUT2D eigenvalue weighted by Gasteiger charge is -1.97. The molecule has 134 valence electrons. The Morgan fingerprint density at radius 2 is 1.78 bits per heavy atom. The molecule has 4 nitrogen and oxygen atoms in total. The number of carbonyl (C=O) groups excluding carboxylic acids is 1. The molecule has 6 heteroatoms. The quantitative estimate of drug-likeness (QED) is 0.517. The second kappa shape index (κ2) is 7.58. The Bertz CT molecular complexity index is 1050. The topological polar surface area (TPSA) is 54.6 Å². The van der Waals surface area contributed by atoms with E-state index in [1.165, 1.54) is 17.3 Å². The van der Waals surface area contributed by atoms with Gasteiger partial charge in [0.1, 0.15) is 11.5 Å². The highest BCUT2D eigenvalue weighted by Gasteiger charge is 2.24. The van der Waals surface area contributed by atoms with E-state index < -0.39 is 0 Å². The molecule has 0 bridgehead atoms. The van der Waals surface area contributed by atoms with E-state index in [0.717, 1.165) is 21.5 Å². The van der Waals surface area contributed by atoms with Crippen molar-refractivity contribution in [3.05, 3.63) is 81.4 Å². The van der Waals surface area contributed by atoms with Crippen LogP contribution in [-0.2, 0) is 4.79 Å². The van der Waals surface area contributed by atoms with Crippen molar-refractivity contribution < 1.29 is 9.21 Å². The number of halogens is 1. The van der Waals surface area contributed by atoms with Gasteiger partial charge in [-0.15, -0.1) is 0 Å². The van der Waals surface area contributed by atoms with Crippen LogP contribution in [0, 0.1) is 6.92 Å². The first-order valence-corrected chi connectivity index (χ1v) is 9.90. The fourth-order valence-electron chi connectivity index (χ4n) is 2.55. The lowest BCUT2D eigenvalue weighted by atomic mass is 10.2. The zero-order chi connectivity index (χ0) is 18.8. The number of aryl methyl sites for hydroxylation is 1. The van der Waals surface area contributed by atoms with E-state index in [-0.39, 0.29) is 5.91 Å². The Balaban J connectivity index is 1.53. The van der Waals surface area contributed by atoms with Crippen molar-refractivity contribution in [1.82, 2.24) is 5.32 Å². The molecule has 1 fully saturated rings. The molecular formula is C21H15BrN2O2S. The molecule has 1 N–H and O–H groups in total. The first-order valence-electron chi connectivity index (χ1n) is 8.29. The average Bonchev–Trinajstić information content (AvgIpc) is 3.25. The summed E-state index contributed by atoms with van der Waals surface area (Å²) in [4.78, 5) is 17.2. The minimum atomic E-state index is -0.174. The lowest BCUT2D eigenvalue weighted by molar-refractivity contribution is -0.115. The number of furan rings is 1. The summed E-state index contributed by atoms with van der Waals surface area (Å²) in [5.74, 6) is 1.21. The Morgan fingerprint density at radius 3 is 2.52 bits per heavy atom. The summed E-state index contributed by atoms with van der Waals surface area (Å²) in [6.07, 6.45) is 1.74. The van der Waals surface area contributed by atoms with Crippen LogP contribution in [0.1, 0.15) is 11.3 Å². The van der Waals surface area contributed by atoms with Gasteiger partial charge in [-0.2, -0.15) is 0 Å². The number of hydrogen-bond donors (Lipinski definition) is 1. The molecule has 0 atom stereocenters. The van der Waals surface area contributed by atoms with Crippen LogP contribution in [0.4, 0.5) is 5.69 Å². The number of amides is 1. The number of hydrogen-bond acceptors (Lipinski definition) is 4. The summed E-state index contributed by atoms with van der Waals surface area (Å²) in [6.45, 7) is 2.02. The molecule has 1 saturated heterocycles. The van der Waals surface area contributed by atoms with Gasteiger partial charge >= 0.3 is 0 Å². The van der Waals surface area contributed by atoms with Gasteiger partial charge in [-0.05, 0) is 55.1 Å². The highest BCUT2D eigenvalue weighted by atomic mass is 79.9. The molecule has 0 aliphatic carbocycles. The predicted molar refractivity (Wildman–Crippen MR) is 114 cm³/mol. The summed E-state index contributed by atoms with van der Waals surface area (Å²) in [5, 5.41) is 3.36. The molecule has 1 aliphatic heterocycles. The predicted octanol–water partition coefficient (Wildman–Crippen LogP) is 5.91. The maximum Gasteiger partial charge on any atom is 0.264 e. The Labute approximate surface area is 169 Å². The first kappa shape index (κ1) is 17.8. The summed E-state index contributed by atoms with van der Waals surface area (Å²) in [6, 6.07) is 19.5. The normalized spacial score (nSPS) is 16.9. The number of nitrogens with one attached hydrogen (secondary N) is 1. The van der Waals surface area contributed by atoms with Crippen LogP contribution in [0.3, 0.4) is 0 Å². The van der Waals surface area contributed by atoms with Crippen LogP contribution in [0.25, 0.3) is 17.4 Å². The van der Waals surface area contributed by atoms with Crippen LogP contribution in [-0.4, -0.2) is 11.1 Å². The van der Waals surface area contributed by atoms with Gasteiger partial charge in [0.2, 0.25) is 0 Å². The smallest absolute Gasteiger partial charge is 0.264 e. The van der Waals surface area contributed by atoms with E-state index in [1.54, 1.807) is 6.08 Å². The van der Waals surface area contributed by atoms with Crippen molar-refractivity contribution in [1.29, 1.82) is 0 Å². The third kappa shape index (κ3) is 4.23. The number of thioether (sulfide) groups is 1. The number of nitrogens with zero attached hydrogens (tertiary/aromatic N) is 1. The van der Waals surface area contributed by atoms with E-state index in [4.69, 9.17) is 4.42 Å². The number of rotatable bonds is 3. The van der Waals surface area contributed by atoms with Crippen molar-refractivity contribution in [3.8, 4) is 11.3 Å². The number of benzene rings is 2. The molecule has 0 spiro atoms. The van der Waals surface area contributed by atoms with Crippen LogP contribution in [0.5, 0.6) is 0 Å². The molecular weight excluding hydrogens is 424 g/mol. The van der Waals surface area contributed by atoms with Gasteiger partial charge in [0.15, 0.2) is 5.17 Å². The molecule has 1 aliphatic rings. The van der Waals surface area contributed by atoms with Crippen LogP contribution in [0.15, 0.2) is 79.5 Å². The standard InChI is InChI=1S/C21H15BrN2O2S/c1-13-2-8-16(9-3-13)23-21-24-20(25)19(27-21)12-17-10-11-18(26-17)14-4-6-15(22)7-5-14/h2-12H,1H3,(H,23,24,25)/b19-12+. The maximum atomic E-state index is 12.2. The van der Waals surface area contributed by atoms with Gasteiger partial charge in [0.05, 0.1) is 10.6 Å². The van der Waals surface area contributed by atoms with Crippen LogP contribution in [0.2, 0.25) is 0 Å². The lowest BCUT2D eigenvalue weighted by Crippen LogP contribution is -2.19. The maximum absolute atomic E-state index is 12.2. The molecule has 2 heterocycles. The molecule has 0 saturated carbocycles. The Morgan fingerprint density at radius 1 is 1.04 bits per heavy atom. The van der Waals surface area contributed by atoms with Crippen LogP contribution < -0.4 is 5.32 Å². The second-order valence-corrected chi connectivity index (χ2v) is 7.97. The van der Waals surface area contributed by atoms with E-state index >= 15 is 0 Å². The van der Waals surface area contributed by atoms with Gasteiger partial charge in [-0.25, -0.2) is 4.99 Å². The second-order valence-electron chi connectivity index (χ2n) is 6.03. The van der Waals surface area contributed by atoms with Crippen molar-refractivity contribution in [2.75, 3.05) is 0 Å². The van der Waals surface area contributed by atoms with Crippen molar-refractivity contribution >= 4 is 50.5 Å². The highest BCUT2D eigenvalue weighted by Crippen LogP contribution is 2.30. The summed E-state index contributed by atoms with van der Waals surface area (Å²) in [5.41, 5.74) is 2.95. The molecule has 0 radical (unpaired) electrons. The monoisotopic (exact) mass is 438 g/mol. The molecule has 4 rings (SSSR count). The molecule has 2 aromatic carbocycles. The third-order valence-electron chi connectivity index (χ3n) is 3.94. The molecule has 1 amide bonds. The van der Waals surface area contributed by atoms with Crippen molar-refractivity contribution in [2.24, 2.45) is 4.99 Å². The molecule has 27 heavy (non-hydrogen) atoms. The van der Waals surface area contributed by atoms with Crippen LogP contribution >= 0.6 is 27.7 Å². The molecule has 1 aromatic heterocycles. The molecule has 3 aromatic rings. The number of carbonyl (C=O) groups is 1. The van der Waals surface area contributed by atoms with Gasteiger partial charge < -0.3 is 9.73 Å². The largest absolute Gasteiger partial charge is 0.457 e. The van der Waals surface area contributed by atoms with Gasteiger partial charge in [0, 0.05) is 16.1 Å². The molecule has 0 unspecified atom stereocenters. The van der Waals surface area contributed by atoms with E-state index in [9.17, 15) is 4.79 Å². The fourth-order valence-corrected chi connectivity index (χ4v) is 3.63. The number of amidine groups is 1. The first-order chi connectivity index (χ1) is 13.1. The van der Waals surface area contributed by atoms with E-state index in [2.05, 4.69) is 26.2 Å². The highest BCUT2D eigenvalue weighted by molar-refractivity contribution is 9.10. The number of aliphatic imine (C=N–C) groups is 1. The zero-order valence-corrected chi connectivity index (χ0v) is 16.8. The van der Waals surface area contributed by atoms with E-state index in [1.807, 2.05) is 67.6 Å². The SMILES string of the molecule is Cc1ccc(N=C2NC(=O)/C(=C\c3ccc(-c4ccc(Br)cc4)o3)S2)cc1. The average molecular weight is 439 g/mol. The van der Waals surface area contributed by atoms with Gasteiger partial charge in [0.25, 0.3) is 5.91 Å². The van der Waals surface area contributed by atoms with E-state index in [0.29, 0.717) is 15.8 Å². The fraction of sp³-hybridized carbons (Fsp3) is 0.0476.